The molecule has 0 spiro atoms. The van der Waals surface area contributed by atoms with Gasteiger partial charge in [-0.25, -0.2) is 15.8 Å². The number of rotatable bonds is 7. The van der Waals surface area contributed by atoms with E-state index < -0.39 is 5.91 Å². The topological polar surface area (TPSA) is 109 Å². The van der Waals surface area contributed by atoms with E-state index in [1.165, 1.54) is 6.20 Å². The van der Waals surface area contributed by atoms with Gasteiger partial charge in [0.15, 0.2) is 12.5 Å². The largest absolute Gasteiger partial charge is 0.464 e. The van der Waals surface area contributed by atoms with Crippen molar-refractivity contribution in [2.45, 2.75) is 26.2 Å². The number of methoxy groups -OCH3 is 1. The second kappa shape index (κ2) is 7.87. The quantitative estimate of drug-likeness (QED) is 0.246. The fourth-order valence-corrected chi connectivity index (χ4v) is 1.49. The van der Waals surface area contributed by atoms with Gasteiger partial charge in [-0.1, -0.05) is 20.8 Å². The molecule has 0 aliphatic heterocycles. The summed E-state index contributed by atoms with van der Waals surface area (Å²) in [6.45, 7) is 6.84. The smallest absolute Gasteiger partial charge is 0.302 e. The number of hydrogen-bond donors (Lipinski definition) is 2. The van der Waals surface area contributed by atoms with E-state index in [4.69, 9.17) is 20.1 Å². The fraction of sp³-hybridized carbons (Fsp3) is 0.615. The second-order valence-corrected chi connectivity index (χ2v) is 5.29. The van der Waals surface area contributed by atoms with Crippen LogP contribution in [-0.4, -0.2) is 43.0 Å². The van der Waals surface area contributed by atoms with Gasteiger partial charge in [-0.05, 0) is 0 Å². The summed E-state index contributed by atoms with van der Waals surface area (Å²) in [7, 11) is 1.59. The van der Waals surface area contributed by atoms with E-state index in [2.05, 4.69) is 9.97 Å². The third-order valence-corrected chi connectivity index (χ3v) is 2.53. The number of nitrogens with zero attached hydrogens (tertiary/aromatic N) is 2. The van der Waals surface area contributed by atoms with E-state index in [0.29, 0.717) is 24.7 Å². The number of amides is 1. The van der Waals surface area contributed by atoms with Crippen molar-refractivity contribution in [2.24, 2.45) is 5.84 Å². The molecule has 0 atom stereocenters. The molecule has 0 unspecified atom stereocenters. The predicted molar refractivity (Wildman–Crippen MR) is 75.7 cm³/mol. The Labute approximate surface area is 124 Å². The third kappa shape index (κ3) is 5.25. The Hall–Kier alpha value is -1.77. The molecule has 0 aliphatic rings. The summed E-state index contributed by atoms with van der Waals surface area (Å²) >= 11 is 0. The molecule has 1 heterocycles. The van der Waals surface area contributed by atoms with Crippen LogP contribution in [0.5, 0.6) is 5.75 Å². The van der Waals surface area contributed by atoms with E-state index in [0.717, 1.165) is 0 Å². The van der Waals surface area contributed by atoms with Crippen molar-refractivity contribution in [1.29, 1.82) is 0 Å². The van der Waals surface area contributed by atoms with Gasteiger partial charge < -0.3 is 14.2 Å². The van der Waals surface area contributed by atoms with Crippen molar-refractivity contribution in [2.75, 3.05) is 27.1 Å². The van der Waals surface area contributed by atoms with Gasteiger partial charge in [0.05, 0.1) is 25.1 Å². The van der Waals surface area contributed by atoms with Crippen molar-refractivity contribution in [3.8, 4) is 5.75 Å². The van der Waals surface area contributed by atoms with Crippen LogP contribution in [0.1, 0.15) is 37.1 Å². The van der Waals surface area contributed by atoms with Gasteiger partial charge in [-0.15, -0.1) is 0 Å². The van der Waals surface area contributed by atoms with Crippen molar-refractivity contribution < 1.29 is 19.0 Å². The average molecular weight is 298 g/mol. The zero-order valence-corrected chi connectivity index (χ0v) is 12.8. The molecular formula is C13H22N4O4. The number of carbonyl (C=O) groups is 1. The molecule has 21 heavy (non-hydrogen) atoms. The lowest BCUT2D eigenvalue weighted by molar-refractivity contribution is -0.00960. The van der Waals surface area contributed by atoms with Gasteiger partial charge in [0.2, 0.25) is 5.82 Å². The first-order valence-corrected chi connectivity index (χ1v) is 6.48. The van der Waals surface area contributed by atoms with Crippen LogP contribution in [0.2, 0.25) is 0 Å². The number of nitrogen functional groups attached to an aromatic ring is 1. The predicted octanol–water partition coefficient (Wildman–Crippen LogP) is 0.377. The summed E-state index contributed by atoms with van der Waals surface area (Å²) in [5.74, 6) is 4.99. The molecule has 0 bridgehead atoms. The molecule has 1 aromatic rings. The molecule has 0 saturated carbocycles. The normalized spacial score (nSPS) is 11.3. The molecular weight excluding hydrogens is 276 g/mol. The molecule has 3 N–H and O–H groups in total. The maximum Gasteiger partial charge on any atom is 0.302 e. The zero-order chi connectivity index (χ0) is 15.9. The van der Waals surface area contributed by atoms with Gasteiger partial charge in [-0.3, -0.25) is 10.2 Å². The monoisotopic (exact) mass is 298 g/mol. The fourth-order valence-electron chi connectivity index (χ4n) is 1.49. The highest BCUT2D eigenvalue weighted by atomic mass is 16.7. The molecule has 1 rings (SSSR count). The number of hydrogen-bond acceptors (Lipinski definition) is 7. The van der Waals surface area contributed by atoms with Crippen LogP contribution in [0, 0.1) is 0 Å². The number of carbonyl (C=O) groups excluding carboxylic acids is 1. The summed E-state index contributed by atoms with van der Waals surface area (Å²) in [6, 6.07) is 0. The van der Waals surface area contributed by atoms with Crippen molar-refractivity contribution in [1.82, 2.24) is 15.4 Å². The van der Waals surface area contributed by atoms with E-state index in [1.54, 1.807) is 7.11 Å². The zero-order valence-electron chi connectivity index (χ0n) is 12.8. The minimum Gasteiger partial charge on any atom is -0.464 e. The Morgan fingerprint density at radius 3 is 2.67 bits per heavy atom. The van der Waals surface area contributed by atoms with Crippen LogP contribution in [0.15, 0.2) is 6.20 Å². The SMILES string of the molecule is COCCOCOc1cnc(C(=O)NN)nc1C(C)(C)C. The van der Waals surface area contributed by atoms with Crippen LogP contribution in [0.4, 0.5) is 0 Å². The molecule has 1 aromatic heterocycles. The Morgan fingerprint density at radius 2 is 2.10 bits per heavy atom. The molecule has 0 aromatic carbocycles. The lowest BCUT2D eigenvalue weighted by Gasteiger charge is -2.21. The van der Waals surface area contributed by atoms with E-state index in [9.17, 15) is 4.79 Å². The van der Waals surface area contributed by atoms with Crippen molar-refractivity contribution >= 4 is 5.91 Å². The highest BCUT2D eigenvalue weighted by Gasteiger charge is 2.23. The second-order valence-electron chi connectivity index (χ2n) is 5.29. The van der Waals surface area contributed by atoms with Crippen LogP contribution >= 0.6 is 0 Å². The van der Waals surface area contributed by atoms with Crippen LogP contribution in [0.25, 0.3) is 0 Å². The summed E-state index contributed by atoms with van der Waals surface area (Å²) in [5.41, 5.74) is 2.28. The van der Waals surface area contributed by atoms with Gasteiger partial charge in [-0.2, -0.15) is 0 Å². The molecule has 1 amide bonds. The van der Waals surface area contributed by atoms with Crippen molar-refractivity contribution in [3.05, 3.63) is 17.7 Å². The highest BCUT2D eigenvalue weighted by molar-refractivity contribution is 5.89. The lowest BCUT2D eigenvalue weighted by Crippen LogP contribution is -2.32. The Morgan fingerprint density at radius 1 is 1.38 bits per heavy atom. The Kier molecular flexibility index (Phi) is 6.47. The van der Waals surface area contributed by atoms with E-state index in [1.807, 2.05) is 26.2 Å². The van der Waals surface area contributed by atoms with Crippen LogP contribution in [0.3, 0.4) is 0 Å². The Balaban J connectivity index is 2.85. The lowest BCUT2D eigenvalue weighted by atomic mass is 9.91. The van der Waals surface area contributed by atoms with Crippen molar-refractivity contribution in [3.63, 3.8) is 0 Å². The number of nitrogens with one attached hydrogen (secondary N) is 1. The molecule has 118 valence electrons. The van der Waals surface area contributed by atoms with Gasteiger partial charge >= 0.3 is 5.91 Å². The molecule has 0 aliphatic carbocycles. The molecule has 8 nitrogen and oxygen atoms in total. The molecule has 8 heteroatoms. The average Bonchev–Trinajstić information content (AvgIpc) is 2.45. The first-order valence-electron chi connectivity index (χ1n) is 6.48. The summed E-state index contributed by atoms with van der Waals surface area (Å²) < 4.78 is 15.6. The van der Waals surface area contributed by atoms with E-state index >= 15 is 0 Å². The highest BCUT2D eigenvalue weighted by Crippen LogP contribution is 2.28. The first-order chi connectivity index (χ1) is 9.90. The first kappa shape index (κ1) is 17.3. The summed E-state index contributed by atoms with van der Waals surface area (Å²) in [4.78, 5) is 19.6. The summed E-state index contributed by atoms with van der Waals surface area (Å²) in [5, 5.41) is 0. The maximum absolute atomic E-state index is 11.5. The minimum atomic E-state index is -0.552. The molecule has 0 radical (unpaired) electrons. The van der Waals surface area contributed by atoms with Crippen LogP contribution < -0.4 is 16.0 Å². The maximum atomic E-state index is 11.5. The minimum absolute atomic E-state index is 0.00456. The Bertz CT molecular complexity index is 474. The van der Waals surface area contributed by atoms with Gasteiger partial charge in [0.1, 0.15) is 0 Å². The third-order valence-electron chi connectivity index (χ3n) is 2.53. The van der Waals surface area contributed by atoms with E-state index in [-0.39, 0.29) is 18.0 Å². The van der Waals surface area contributed by atoms with Crippen LogP contribution in [-0.2, 0) is 14.9 Å². The standard InChI is InChI=1S/C13H22N4O4/c1-13(2,3)10-9(21-8-20-6-5-19-4)7-15-11(16-10)12(18)17-14/h7H,5-6,8,14H2,1-4H3,(H,17,18). The summed E-state index contributed by atoms with van der Waals surface area (Å²) in [6.07, 6.45) is 1.44. The van der Waals surface area contributed by atoms with Gasteiger partial charge in [0.25, 0.3) is 0 Å². The van der Waals surface area contributed by atoms with Gasteiger partial charge in [0, 0.05) is 12.5 Å². The number of aromatic nitrogens is 2. The molecule has 0 saturated heterocycles. The number of nitrogens with two attached hydrogens (primary N) is 1. The molecule has 0 fully saturated rings. The number of ether oxygens (including phenoxy) is 3. The number of hydrazine groups is 1.